The summed E-state index contributed by atoms with van der Waals surface area (Å²) in [5.41, 5.74) is 0. The lowest BCUT2D eigenvalue weighted by Crippen LogP contribution is -2.68. The number of fused-ring (bicyclic) bond motifs is 1. The van der Waals surface area contributed by atoms with E-state index >= 15 is 0 Å². The Labute approximate surface area is 158 Å². The summed E-state index contributed by atoms with van der Waals surface area (Å²) in [4.78, 5) is 0. The van der Waals surface area contributed by atoms with E-state index in [9.17, 15) is 5.11 Å². The van der Waals surface area contributed by atoms with Crippen LogP contribution in [0.15, 0.2) is 60.7 Å². The van der Waals surface area contributed by atoms with Gasteiger partial charge in [-0.1, -0.05) is 81.4 Å². The molecule has 0 radical (unpaired) electrons. The van der Waals surface area contributed by atoms with Crippen LogP contribution in [0.2, 0.25) is 5.04 Å². The fourth-order valence-corrected chi connectivity index (χ4v) is 9.86. The first-order valence-corrected chi connectivity index (χ1v) is 11.8. The second-order valence-electron chi connectivity index (χ2n) is 9.08. The third-order valence-corrected chi connectivity index (χ3v) is 11.5. The van der Waals surface area contributed by atoms with Gasteiger partial charge in [0, 0.05) is 12.5 Å². The SMILES string of the molecule is CC(C)(C)[Si](O[C@@H]1C2CC2C[C@H]1CO)(c1ccccc1)c1ccccc1. The van der Waals surface area contributed by atoms with Crippen LogP contribution in [0.4, 0.5) is 0 Å². The predicted octanol–water partition coefficient (Wildman–Crippen LogP) is 3.58. The molecular formula is C23H30O2Si. The van der Waals surface area contributed by atoms with Gasteiger partial charge in [-0.05, 0) is 40.1 Å². The van der Waals surface area contributed by atoms with Crippen LogP contribution in [0, 0.1) is 17.8 Å². The maximum Gasteiger partial charge on any atom is 0.261 e. The minimum absolute atomic E-state index is 0.00267. The Morgan fingerprint density at radius 2 is 1.46 bits per heavy atom. The molecule has 2 aromatic carbocycles. The zero-order chi connectivity index (χ0) is 18.4. The van der Waals surface area contributed by atoms with Crippen molar-refractivity contribution in [2.45, 2.75) is 44.8 Å². The normalized spacial score (nSPS) is 28.0. The van der Waals surface area contributed by atoms with Crippen LogP contribution in [-0.4, -0.2) is 26.1 Å². The van der Waals surface area contributed by atoms with Crippen molar-refractivity contribution >= 4 is 18.7 Å². The van der Waals surface area contributed by atoms with Gasteiger partial charge in [0.1, 0.15) is 0 Å². The Bertz CT molecular complexity index is 698. The van der Waals surface area contributed by atoms with Gasteiger partial charge in [-0.3, -0.25) is 0 Å². The van der Waals surface area contributed by atoms with Gasteiger partial charge in [0.2, 0.25) is 0 Å². The minimum Gasteiger partial charge on any atom is -0.404 e. The second-order valence-corrected chi connectivity index (χ2v) is 13.3. The number of aliphatic hydroxyl groups is 1. The Morgan fingerprint density at radius 3 is 1.92 bits per heavy atom. The maximum absolute atomic E-state index is 9.95. The standard InChI is InChI=1S/C23H30O2Si/c1-23(2,3)26(19-10-6-4-7-11-19,20-12-8-5-9-13-20)25-22-18(16-24)14-17-15-21(17)22/h4-13,17-18,21-22,24H,14-16H2,1-3H3/t17?,18-,21?,22-/m0/s1. The van der Waals surface area contributed by atoms with Gasteiger partial charge in [-0.2, -0.15) is 0 Å². The van der Waals surface area contributed by atoms with Crippen molar-refractivity contribution in [3.8, 4) is 0 Å². The van der Waals surface area contributed by atoms with Crippen LogP contribution in [0.25, 0.3) is 0 Å². The first kappa shape index (κ1) is 18.0. The summed E-state index contributed by atoms with van der Waals surface area (Å²) in [6.07, 6.45) is 2.60. The van der Waals surface area contributed by atoms with E-state index in [0.717, 1.165) is 12.3 Å². The molecule has 2 aliphatic rings. The van der Waals surface area contributed by atoms with Gasteiger partial charge in [-0.25, -0.2) is 0 Å². The van der Waals surface area contributed by atoms with Gasteiger partial charge in [-0.15, -0.1) is 0 Å². The highest BCUT2D eigenvalue weighted by Gasteiger charge is 2.59. The smallest absolute Gasteiger partial charge is 0.261 e. The molecule has 0 aromatic heterocycles. The zero-order valence-electron chi connectivity index (χ0n) is 16.1. The monoisotopic (exact) mass is 366 g/mol. The number of hydrogen-bond acceptors (Lipinski definition) is 2. The molecule has 0 aliphatic heterocycles. The molecule has 2 aromatic rings. The van der Waals surface area contributed by atoms with E-state index in [1.54, 1.807) is 0 Å². The van der Waals surface area contributed by atoms with Crippen molar-refractivity contribution in [1.29, 1.82) is 0 Å². The highest BCUT2D eigenvalue weighted by Crippen LogP contribution is 2.57. The van der Waals surface area contributed by atoms with Gasteiger partial charge in [0.05, 0.1) is 6.10 Å². The summed E-state index contributed by atoms with van der Waals surface area (Å²) in [7, 11) is -2.50. The van der Waals surface area contributed by atoms with E-state index in [0.29, 0.717) is 11.8 Å². The van der Waals surface area contributed by atoms with Crippen molar-refractivity contribution in [2.75, 3.05) is 6.61 Å². The molecule has 0 saturated heterocycles. The average molecular weight is 367 g/mol. The van der Waals surface area contributed by atoms with Crippen LogP contribution in [0.5, 0.6) is 0 Å². The van der Waals surface area contributed by atoms with Crippen LogP contribution in [0.3, 0.4) is 0 Å². The Hall–Kier alpha value is -1.42. The number of hydrogen-bond donors (Lipinski definition) is 1. The molecule has 0 amide bonds. The van der Waals surface area contributed by atoms with E-state index in [1.165, 1.54) is 16.8 Å². The van der Waals surface area contributed by atoms with Crippen LogP contribution in [-0.2, 0) is 4.43 Å². The summed E-state index contributed by atoms with van der Waals surface area (Å²) in [6.45, 7) is 7.22. The van der Waals surface area contributed by atoms with Crippen LogP contribution in [0.1, 0.15) is 33.6 Å². The first-order chi connectivity index (χ1) is 12.5. The second kappa shape index (κ2) is 6.63. The fourth-order valence-electron chi connectivity index (χ4n) is 5.07. The lowest BCUT2D eigenvalue weighted by molar-refractivity contribution is 0.0819. The molecule has 2 aliphatic carbocycles. The topological polar surface area (TPSA) is 29.5 Å². The molecule has 4 rings (SSSR count). The number of benzene rings is 2. The van der Waals surface area contributed by atoms with Gasteiger partial charge in [0.25, 0.3) is 8.32 Å². The molecule has 0 bridgehead atoms. The minimum atomic E-state index is -2.50. The van der Waals surface area contributed by atoms with E-state index < -0.39 is 8.32 Å². The van der Waals surface area contributed by atoms with Crippen molar-refractivity contribution in [1.82, 2.24) is 0 Å². The fraction of sp³-hybridized carbons (Fsp3) is 0.478. The third kappa shape index (κ3) is 2.86. The highest BCUT2D eigenvalue weighted by atomic mass is 28.4. The molecule has 26 heavy (non-hydrogen) atoms. The molecule has 2 saturated carbocycles. The zero-order valence-corrected chi connectivity index (χ0v) is 17.1. The molecule has 2 nitrogen and oxygen atoms in total. The highest BCUT2D eigenvalue weighted by molar-refractivity contribution is 6.99. The van der Waals surface area contributed by atoms with Gasteiger partial charge >= 0.3 is 0 Å². The molecule has 138 valence electrons. The van der Waals surface area contributed by atoms with E-state index in [-0.39, 0.29) is 17.7 Å². The van der Waals surface area contributed by atoms with E-state index in [2.05, 4.69) is 81.4 Å². The molecule has 0 heterocycles. The summed E-state index contributed by atoms with van der Waals surface area (Å²) >= 11 is 0. The van der Waals surface area contributed by atoms with Crippen molar-refractivity contribution in [2.24, 2.45) is 17.8 Å². The molecular weight excluding hydrogens is 336 g/mol. The lowest BCUT2D eigenvalue weighted by atomic mass is 10.0. The molecule has 2 fully saturated rings. The predicted molar refractivity (Wildman–Crippen MR) is 109 cm³/mol. The van der Waals surface area contributed by atoms with Crippen molar-refractivity contribution < 1.29 is 9.53 Å². The molecule has 0 spiro atoms. The quantitative estimate of drug-likeness (QED) is 0.820. The van der Waals surface area contributed by atoms with Crippen LogP contribution < -0.4 is 10.4 Å². The lowest BCUT2D eigenvalue weighted by Gasteiger charge is -2.46. The molecule has 4 atom stereocenters. The van der Waals surface area contributed by atoms with Gasteiger partial charge < -0.3 is 9.53 Å². The summed E-state index contributed by atoms with van der Waals surface area (Å²) in [6, 6.07) is 21.7. The first-order valence-electron chi connectivity index (χ1n) is 9.87. The Balaban J connectivity index is 1.85. The average Bonchev–Trinajstić information content (AvgIpc) is 3.33. The van der Waals surface area contributed by atoms with Gasteiger partial charge in [0.15, 0.2) is 0 Å². The summed E-state index contributed by atoms with van der Waals surface area (Å²) in [5.74, 6) is 1.71. The maximum atomic E-state index is 9.95. The number of rotatable bonds is 5. The van der Waals surface area contributed by atoms with Crippen molar-refractivity contribution in [3.05, 3.63) is 60.7 Å². The summed E-state index contributed by atoms with van der Waals surface area (Å²) in [5, 5.41) is 12.6. The molecule has 2 unspecified atom stereocenters. The summed E-state index contributed by atoms with van der Waals surface area (Å²) < 4.78 is 7.27. The Morgan fingerprint density at radius 1 is 0.923 bits per heavy atom. The largest absolute Gasteiger partial charge is 0.404 e. The Kier molecular flexibility index (Phi) is 4.58. The molecule has 3 heteroatoms. The molecule has 1 N–H and O–H groups in total. The number of aliphatic hydroxyl groups excluding tert-OH is 1. The van der Waals surface area contributed by atoms with Crippen molar-refractivity contribution in [3.63, 3.8) is 0 Å². The van der Waals surface area contributed by atoms with Crippen LogP contribution >= 0.6 is 0 Å². The van der Waals surface area contributed by atoms with E-state index in [1.807, 2.05) is 0 Å². The van der Waals surface area contributed by atoms with E-state index in [4.69, 9.17) is 4.43 Å². The third-order valence-electron chi connectivity index (χ3n) is 6.43.